The molecule has 0 fully saturated rings. The van der Waals surface area contributed by atoms with Gasteiger partial charge in [0.05, 0.1) is 5.69 Å². The molecule has 1 aromatic carbocycles. The maximum Gasteiger partial charge on any atom is 0.328 e. The first kappa shape index (κ1) is 14.8. The van der Waals surface area contributed by atoms with Crippen LogP contribution in [0.1, 0.15) is 13.3 Å². The second-order valence-electron chi connectivity index (χ2n) is 4.60. The van der Waals surface area contributed by atoms with E-state index in [9.17, 15) is 14.0 Å². The number of aromatic nitrogens is 2. The van der Waals surface area contributed by atoms with Gasteiger partial charge in [0.1, 0.15) is 5.82 Å². The van der Waals surface area contributed by atoms with Crippen molar-refractivity contribution in [1.29, 1.82) is 0 Å². The van der Waals surface area contributed by atoms with Crippen LogP contribution in [-0.4, -0.2) is 15.0 Å². The number of aryl methyl sites for hydroxylation is 2. The largest absolute Gasteiger partial charge is 0.399 e. The number of anilines is 2. The Kier molecular flexibility index (Phi) is 4.42. The van der Waals surface area contributed by atoms with Gasteiger partial charge in [0.2, 0.25) is 5.91 Å². The van der Waals surface area contributed by atoms with Crippen LogP contribution in [0.15, 0.2) is 35.4 Å². The van der Waals surface area contributed by atoms with Crippen LogP contribution in [0, 0.1) is 5.82 Å². The number of imidazole rings is 1. The molecule has 0 spiro atoms. The number of nitrogens with one attached hydrogen (secondary N) is 1. The van der Waals surface area contributed by atoms with Crippen molar-refractivity contribution in [1.82, 2.24) is 9.13 Å². The predicted molar refractivity (Wildman–Crippen MR) is 78.4 cm³/mol. The summed E-state index contributed by atoms with van der Waals surface area (Å²) in [4.78, 5) is 23.6. The third-order valence-electron chi connectivity index (χ3n) is 3.10. The fourth-order valence-electron chi connectivity index (χ4n) is 1.94. The molecule has 1 amide bonds. The molecule has 0 saturated carbocycles. The van der Waals surface area contributed by atoms with Crippen molar-refractivity contribution < 1.29 is 9.18 Å². The van der Waals surface area contributed by atoms with Gasteiger partial charge < -0.3 is 11.1 Å². The Morgan fingerprint density at radius 3 is 2.71 bits per heavy atom. The molecule has 112 valence electrons. The van der Waals surface area contributed by atoms with Crippen LogP contribution < -0.4 is 16.7 Å². The van der Waals surface area contributed by atoms with Gasteiger partial charge >= 0.3 is 5.69 Å². The van der Waals surface area contributed by atoms with Crippen LogP contribution >= 0.6 is 0 Å². The summed E-state index contributed by atoms with van der Waals surface area (Å²) in [5.74, 6) is -0.928. The second-order valence-corrected chi connectivity index (χ2v) is 4.60. The number of nitrogens with zero attached hydrogens (tertiary/aromatic N) is 2. The quantitative estimate of drug-likeness (QED) is 0.818. The summed E-state index contributed by atoms with van der Waals surface area (Å²) in [6.07, 6.45) is 3.36. The molecule has 0 bridgehead atoms. The number of carbonyl (C=O) groups excluding carboxylic acids is 1. The van der Waals surface area contributed by atoms with Crippen LogP contribution in [0.3, 0.4) is 0 Å². The van der Waals surface area contributed by atoms with E-state index in [0.717, 1.165) is 0 Å². The second kappa shape index (κ2) is 6.25. The van der Waals surface area contributed by atoms with Gasteiger partial charge in [-0.1, -0.05) is 0 Å². The molecule has 2 aromatic rings. The van der Waals surface area contributed by atoms with Gasteiger partial charge in [0, 0.05) is 37.6 Å². The Hall–Kier alpha value is -2.57. The van der Waals surface area contributed by atoms with Gasteiger partial charge in [-0.2, -0.15) is 0 Å². The Bertz CT molecular complexity index is 705. The van der Waals surface area contributed by atoms with Gasteiger partial charge in [-0.25, -0.2) is 9.18 Å². The first-order valence-electron chi connectivity index (χ1n) is 6.61. The molecule has 3 N–H and O–H groups in total. The molecule has 6 nitrogen and oxygen atoms in total. The molecule has 21 heavy (non-hydrogen) atoms. The van der Waals surface area contributed by atoms with E-state index in [2.05, 4.69) is 5.32 Å². The molecular formula is C14H17FN4O2. The lowest BCUT2D eigenvalue weighted by atomic mass is 10.2. The van der Waals surface area contributed by atoms with E-state index < -0.39 is 5.82 Å². The number of halogens is 1. The molecular weight excluding hydrogens is 275 g/mol. The van der Waals surface area contributed by atoms with E-state index in [1.54, 1.807) is 12.4 Å². The third-order valence-corrected chi connectivity index (χ3v) is 3.10. The topological polar surface area (TPSA) is 82.1 Å². The van der Waals surface area contributed by atoms with Crippen LogP contribution in [0.25, 0.3) is 0 Å². The predicted octanol–water partition coefficient (Wildman–Crippen LogP) is 1.42. The summed E-state index contributed by atoms with van der Waals surface area (Å²) >= 11 is 0. The average molecular weight is 292 g/mol. The SMILES string of the molecule is CCn1ccn(CCC(=O)Nc2cc(N)ccc2F)c1=O. The van der Waals surface area contributed by atoms with E-state index >= 15 is 0 Å². The summed E-state index contributed by atoms with van der Waals surface area (Å²) in [5, 5.41) is 2.45. The van der Waals surface area contributed by atoms with Gasteiger partial charge in [-0.05, 0) is 25.1 Å². The highest BCUT2D eigenvalue weighted by Gasteiger charge is 2.09. The number of rotatable bonds is 5. The molecule has 0 atom stereocenters. The summed E-state index contributed by atoms with van der Waals surface area (Å²) in [6, 6.07) is 3.96. The lowest BCUT2D eigenvalue weighted by molar-refractivity contribution is -0.116. The number of carbonyl (C=O) groups is 1. The smallest absolute Gasteiger partial charge is 0.328 e. The number of benzene rings is 1. The minimum absolute atomic E-state index is 0.0403. The Balaban J connectivity index is 1.97. The number of hydrogen-bond donors (Lipinski definition) is 2. The molecule has 0 radical (unpaired) electrons. The Morgan fingerprint density at radius 1 is 1.33 bits per heavy atom. The molecule has 0 saturated heterocycles. The van der Waals surface area contributed by atoms with E-state index in [-0.39, 0.29) is 30.2 Å². The molecule has 0 aliphatic heterocycles. The van der Waals surface area contributed by atoms with Crippen LogP contribution in [0.5, 0.6) is 0 Å². The Labute approximate surface area is 121 Å². The van der Waals surface area contributed by atoms with E-state index in [1.165, 1.54) is 27.3 Å². The lowest BCUT2D eigenvalue weighted by Crippen LogP contribution is -2.25. The maximum atomic E-state index is 13.5. The molecule has 0 aliphatic rings. The lowest BCUT2D eigenvalue weighted by Gasteiger charge is -2.07. The van der Waals surface area contributed by atoms with E-state index in [0.29, 0.717) is 12.2 Å². The van der Waals surface area contributed by atoms with Gasteiger partial charge in [-0.15, -0.1) is 0 Å². The van der Waals surface area contributed by atoms with Crippen molar-refractivity contribution in [2.45, 2.75) is 26.4 Å². The fraction of sp³-hybridized carbons (Fsp3) is 0.286. The van der Waals surface area contributed by atoms with Crippen LogP contribution in [-0.2, 0) is 17.9 Å². The highest BCUT2D eigenvalue weighted by Crippen LogP contribution is 2.17. The molecule has 7 heteroatoms. The van der Waals surface area contributed by atoms with Crippen molar-refractivity contribution in [2.75, 3.05) is 11.1 Å². The summed E-state index contributed by atoms with van der Waals surface area (Å²) in [7, 11) is 0. The van der Waals surface area contributed by atoms with Gasteiger partial charge in [0.25, 0.3) is 0 Å². The fourth-order valence-corrected chi connectivity index (χ4v) is 1.94. The Morgan fingerprint density at radius 2 is 2.05 bits per heavy atom. The van der Waals surface area contributed by atoms with Crippen molar-refractivity contribution >= 4 is 17.3 Å². The third kappa shape index (κ3) is 3.50. The van der Waals surface area contributed by atoms with Crippen molar-refractivity contribution in [3.8, 4) is 0 Å². The number of nitrogens with two attached hydrogens (primary N) is 1. The molecule has 2 rings (SSSR count). The van der Waals surface area contributed by atoms with Crippen molar-refractivity contribution in [3.05, 3.63) is 46.9 Å². The number of nitrogen functional groups attached to an aromatic ring is 1. The van der Waals surface area contributed by atoms with Gasteiger partial charge in [-0.3, -0.25) is 13.9 Å². The number of amides is 1. The van der Waals surface area contributed by atoms with Crippen LogP contribution in [0.4, 0.5) is 15.8 Å². The minimum atomic E-state index is -0.549. The highest BCUT2D eigenvalue weighted by molar-refractivity contribution is 5.91. The first-order chi connectivity index (χ1) is 10.0. The maximum absolute atomic E-state index is 13.5. The van der Waals surface area contributed by atoms with Gasteiger partial charge in [0.15, 0.2) is 0 Å². The van der Waals surface area contributed by atoms with Crippen molar-refractivity contribution in [2.24, 2.45) is 0 Å². The molecule has 0 aliphatic carbocycles. The normalized spacial score (nSPS) is 10.6. The van der Waals surface area contributed by atoms with Crippen LogP contribution in [0.2, 0.25) is 0 Å². The molecule has 0 unspecified atom stereocenters. The monoisotopic (exact) mass is 292 g/mol. The minimum Gasteiger partial charge on any atom is -0.399 e. The zero-order valence-corrected chi connectivity index (χ0v) is 11.7. The standard InChI is InChI=1S/C14H17FN4O2/c1-2-18-7-8-19(14(18)21)6-5-13(20)17-12-9-10(16)3-4-11(12)15/h3-4,7-9H,2,5-6,16H2,1H3,(H,17,20). The van der Waals surface area contributed by atoms with E-state index in [4.69, 9.17) is 5.73 Å². The summed E-state index contributed by atoms with van der Waals surface area (Å²) < 4.78 is 16.5. The zero-order chi connectivity index (χ0) is 15.4. The number of hydrogen-bond acceptors (Lipinski definition) is 3. The zero-order valence-electron chi connectivity index (χ0n) is 11.7. The average Bonchev–Trinajstić information content (AvgIpc) is 2.81. The summed E-state index contributed by atoms with van der Waals surface area (Å²) in [5.41, 5.74) is 5.78. The molecule has 1 heterocycles. The summed E-state index contributed by atoms with van der Waals surface area (Å²) in [6.45, 7) is 2.68. The highest BCUT2D eigenvalue weighted by atomic mass is 19.1. The molecule has 1 aromatic heterocycles. The van der Waals surface area contributed by atoms with Crippen molar-refractivity contribution in [3.63, 3.8) is 0 Å². The van der Waals surface area contributed by atoms with E-state index in [1.807, 2.05) is 6.92 Å². The first-order valence-corrected chi connectivity index (χ1v) is 6.61.